The van der Waals surface area contributed by atoms with Gasteiger partial charge < -0.3 is 48.6 Å². The second kappa shape index (κ2) is 21.8. The number of fused-ring (bicyclic) bond motifs is 1. The largest absolute Gasteiger partial charge is 0.481 e. The molecule has 0 unspecified atom stereocenters. The number of H-pyrrole nitrogens is 1. The van der Waals surface area contributed by atoms with Crippen LogP contribution in [0.4, 0.5) is 0 Å². The molecule has 6 atom stereocenters. The summed E-state index contributed by atoms with van der Waals surface area (Å²) in [6, 6.07) is 2.19. The third-order valence-electron chi connectivity index (χ3n) is 9.41. The molecule has 0 saturated carbocycles. The van der Waals surface area contributed by atoms with Crippen LogP contribution in [-0.2, 0) is 35.2 Å². The molecule has 2 heterocycles. The van der Waals surface area contributed by atoms with Gasteiger partial charge in [0.1, 0.15) is 18.1 Å². The summed E-state index contributed by atoms with van der Waals surface area (Å²) in [4.78, 5) is 83.6. The lowest BCUT2D eigenvalue weighted by atomic mass is 9.89. The molecule has 1 aliphatic heterocycles. The van der Waals surface area contributed by atoms with Gasteiger partial charge in [0, 0.05) is 29.9 Å². The molecule has 1 aliphatic rings. The molecule has 1 aromatic heterocycles. The summed E-state index contributed by atoms with van der Waals surface area (Å²) in [5.41, 5.74) is 19.1. The fraction of sp³-hybridized carbons (Fsp3) is 0.579. The highest BCUT2D eigenvalue weighted by Gasteiger charge is 2.33. The quantitative estimate of drug-likeness (QED) is 0.0782. The predicted molar refractivity (Wildman–Crippen MR) is 202 cm³/mol. The van der Waals surface area contributed by atoms with Gasteiger partial charge >= 0.3 is 5.97 Å². The molecular weight excluding hydrogens is 680 g/mol. The van der Waals surface area contributed by atoms with Crippen molar-refractivity contribution >= 4 is 46.3 Å². The van der Waals surface area contributed by atoms with Gasteiger partial charge in [-0.15, -0.1) is 0 Å². The monoisotopic (exact) mass is 738 g/mol. The van der Waals surface area contributed by atoms with Gasteiger partial charge in [-0.2, -0.15) is 0 Å². The van der Waals surface area contributed by atoms with Crippen LogP contribution in [0.2, 0.25) is 0 Å². The maximum Gasteiger partial charge on any atom is 0.306 e. The minimum atomic E-state index is -1.19. The van der Waals surface area contributed by atoms with Crippen molar-refractivity contribution in [3.05, 3.63) is 48.2 Å². The van der Waals surface area contributed by atoms with Gasteiger partial charge in [0.15, 0.2) is 5.78 Å². The number of para-hydroxylation sites is 1. The molecule has 0 bridgehead atoms. The average molecular weight is 739 g/mol. The van der Waals surface area contributed by atoms with E-state index >= 15 is 0 Å². The fourth-order valence-corrected chi connectivity index (χ4v) is 6.42. The van der Waals surface area contributed by atoms with Gasteiger partial charge in [-0.25, -0.2) is 0 Å². The van der Waals surface area contributed by atoms with Crippen molar-refractivity contribution in [2.24, 2.45) is 29.0 Å². The normalized spacial score (nSPS) is 21.3. The van der Waals surface area contributed by atoms with Crippen molar-refractivity contribution in [1.82, 2.24) is 26.3 Å². The second-order valence-electron chi connectivity index (χ2n) is 14.3. The number of Topliss-reactive ketones (excluding diaryl/α,β-unsaturated/α-hetero) is 1. The minimum Gasteiger partial charge on any atom is -0.481 e. The molecule has 0 saturated heterocycles. The Morgan fingerprint density at radius 1 is 0.868 bits per heavy atom. The van der Waals surface area contributed by atoms with Crippen LogP contribution in [0.3, 0.4) is 0 Å². The molecular formula is C38H58N8O7. The van der Waals surface area contributed by atoms with Crippen molar-refractivity contribution in [2.75, 3.05) is 13.1 Å². The number of unbranched alkanes of at least 4 members (excludes halogenated alkanes) is 2. The van der Waals surface area contributed by atoms with E-state index in [9.17, 15) is 33.9 Å². The third kappa shape index (κ3) is 13.7. The van der Waals surface area contributed by atoms with Crippen LogP contribution < -0.4 is 38.5 Å². The number of aromatic amines is 1. The van der Waals surface area contributed by atoms with E-state index in [0.717, 1.165) is 16.5 Å². The number of benzene rings is 1. The van der Waals surface area contributed by atoms with Gasteiger partial charge in [-0.05, 0) is 88.4 Å². The highest BCUT2D eigenvalue weighted by Crippen LogP contribution is 2.22. The Labute approximate surface area is 311 Å². The van der Waals surface area contributed by atoms with Crippen LogP contribution in [0.15, 0.2) is 42.6 Å². The van der Waals surface area contributed by atoms with Gasteiger partial charge in [0.05, 0.1) is 18.0 Å². The summed E-state index contributed by atoms with van der Waals surface area (Å²) >= 11 is 0. The van der Waals surface area contributed by atoms with Crippen LogP contribution in [0.5, 0.6) is 0 Å². The van der Waals surface area contributed by atoms with E-state index in [0.29, 0.717) is 38.8 Å². The molecule has 15 nitrogen and oxygen atoms in total. The summed E-state index contributed by atoms with van der Waals surface area (Å²) in [6.07, 6.45) is 7.93. The summed E-state index contributed by atoms with van der Waals surface area (Å²) in [7, 11) is 0. The van der Waals surface area contributed by atoms with Crippen LogP contribution in [0.25, 0.3) is 10.9 Å². The molecule has 292 valence electrons. The molecule has 0 aliphatic carbocycles. The smallest absolute Gasteiger partial charge is 0.306 e. The van der Waals surface area contributed by atoms with Crippen LogP contribution in [-0.4, -0.2) is 88.8 Å². The average Bonchev–Trinajstić information content (AvgIpc) is 3.53. The number of nitrogens with two attached hydrogens (primary N) is 3. The first-order chi connectivity index (χ1) is 25.3. The Hall–Kier alpha value is -4.60. The molecule has 15 heteroatoms. The van der Waals surface area contributed by atoms with E-state index in [1.165, 1.54) is 0 Å². The summed E-state index contributed by atoms with van der Waals surface area (Å²) in [5, 5.41) is 21.8. The number of carboxylic acids is 1. The fourth-order valence-electron chi connectivity index (χ4n) is 6.42. The van der Waals surface area contributed by atoms with Gasteiger partial charge in [-0.1, -0.05) is 44.2 Å². The van der Waals surface area contributed by atoms with E-state index in [1.807, 2.05) is 38.1 Å². The number of carboxylic acid groups (broad SMARTS) is 1. The SMILES string of the molecule is CC(C)C[C@H](CC(=O)[C@H](Cc1c[nH]c2ccccc12)NC(=O)[C@@H]1CC=CC[C@H](N)C(=O)N[C@@H](CCCCN)C(=O)N[C@@H](CCCCN)C(=O)N1)C(=O)O. The highest BCUT2D eigenvalue weighted by molar-refractivity contribution is 5.97. The predicted octanol–water partition coefficient (Wildman–Crippen LogP) is 1.29. The van der Waals surface area contributed by atoms with E-state index in [4.69, 9.17) is 17.2 Å². The first-order valence-corrected chi connectivity index (χ1v) is 18.7. The van der Waals surface area contributed by atoms with Gasteiger partial charge in [0.2, 0.25) is 23.6 Å². The number of ketones is 1. The molecule has 53 heavy (non-hydrogen) atoms. The van der Waals surface area contributed by atoms with Crippen molar-refractivity contribution in [3.63, 3.8) is 0 Å². The maximum atomic E-state index is 14.1. The first-order valence-electron chi connectivity index (χ1n) is 18.7. The van der Waals surface area contributed by atoms with E-state index in [-0.39, 0.29) is 50.9 Å². The molecule has 3 rings (SSSR count). The second-order valence-corrected chi connectivity index (χ2v) is 14.3. The Bertz CT molecular complexity index is 1570. The molecule has 0 fully saturated rings. The molecule has 0 spiro atoms. The number of aromatic nitrogens is 1. The number of hydrogen-bond acceptors (Lipinski definition) is 9. The van der Waals surface area contributed by atoms with Crippen molar-refractivity contribution in [1.29, 1.82) is 0 Å². The lowest BCUT2D eigenvalue weighted by Crippen LogP contribution is -2.58. The lowest BCUT2D eigenvalue weighted by molar-refractivity contribution is -0.144. The van der Waals surface area contributed by atoms with E-state index in [1.54, 1.807) is 18.3 Å². The van der Waals surface area contributed by atoms with Crippen molar-refractivity contribution < 1.29 is 33.9 Å². The number of hydrogen-bond donors (Lipinski definition) is 9. The van der Waals surface area contributed by atoms with Gasteiger partial charge in [0.25, 0.3) is 0 Å². The lowest BCUT2D eigenvalue weighted by Gasteiger charge is -2.27. The summed E-state index contributed by atoms with van der Waals surface area (Å²) < 4.78 is 0. The molecule has 2 aromatic rings. The summed E-state index contributed by atoms with van der Waals surface area (Å²) in [5.74, 6) is -4.86. The molecule has 4 amide bonds. The Morgan fingerprint density at radius 3 is 2.09 bits per heavy atom. The highest BCUT2D eigenvalue weighted by atomic mass is 16.4. The maximum absolute atomic E-state index is 14.1. The molecule has 1 aromatic carbocycles. The van der Waals surface area contributed by atoms with Crippen molar-refractivity contribution in [3.8, 4) is 0 Å². The standard InChI is InChI=1S/C38H58N8O7/c1-23(2)19-24(38(52)53)21-33(47)32(20-25-22-42-28-13-5-3-11-26(25)28)46-37(51)30-14-6-4-12-27(41)34(48)43-29(15-7-9-17-39)35(49)45-31(36(50)44-30)16-8-10-18-40/h3-6,11,13,22-24,27,29-32,42H,7-10,12,14-21,39-41H2,1-2H3,(H,43,48)(H,44,50)(H,45,49)(H,46,51)(H,52,53)/t24-,27+,29+,30+,31+,32+/m1/s1. The third-order valence-corrected chi connectivity index (χ3v) is 9.41. The molecule has 0 radical (unpaired) electrons. The van der Waals surface area contributed by atoms with Crippen LogP contribution in [0.1, 0.15) is 83.6 Å². The zero-order valence-electron chi connectivity index (χ0n) is 30.9. The van der Waals surface area contributed by atoms with Crippen LogP contribution >= 0.6 is 0 Å². The Morgan fingerprint density at radius 2 is 1.47 bits per heavy atom. The zero-order chi connectivity index (χ0) is 38.9. The Balaban J connectivity index is 1.94. The summed E-state index contributed by atoms with van der Waals surface area (Å²) in [6.45, 7) is 4.54. The Kier molecular flexibility index (Phi) is 17.6. The van der Waals surface area contributed by atoms with Crippen molar-refractivity contribution in [2.45, 2.75) is 115 Å². The first kappa shape index (κ1) is 42.8. The number of nitrogens with one attached hydrogen (secondary N) is 5. The molecule has 12 N–H and O–H groups in total. The number of amides is 4. The van der Waals surface area contributed by atoms with E-state index in [2.05, 4.69) is 26.3 Å². The topological polar surface area (TPSA) is 265 Å². The number of aliphatic carboxylic acids is 1. The van der Waals surface area contributed by atoms with Gasteiger partial charge in [-0.3, -0.25) is 28.8 Å². The number of carbonyl (C=O) groups is 6. The van der Waals surface area contributed by atoms with E-state index < -0.39 is 71.5 Å². The minimum absolute atomic E-state index is 0.0177. The van der Waals surface area contributed by atoms with Crippen LogP contribution in [0, 0.1) is 11.8 Å². The number of carbonyl (C=O) groups excluding carboxylic acids is 5. The number of rotatable bonds is 18. The zero-order valence-corrected chi connectivity index (χ0v) is 30.9.